The number of nitrogens with zero attached hydrogens (tertiary/aromatic N) is 2. The van der Waals surface area contributed by atoms with E-state index in [1.807, 2.05) is 24.3 Å². The maximum atomic E-state index is 11.8. The van der Waals surface area contributed by atoms with Crippen LogP contribution in [-0.2, 0) is 11.2 Å². The fourth-order valence-electron chi connectivity index (χ4n) is 1.82. The SMILES string of the molecule is C=C1C=NC(=O)N=C1SCC(=O)NCCc1ccc(OC)cc1. The number of hydrogen-bond acceptors (Lipinski definition) is 4. The zero-order valence-electron chi connectivity index (χ0n) is 12.7. The normalized spacial score (nSPS) is 13.7. The van der Waals surface area contributed by atoms with Crippen molar-refractivity contribution in [1.29, 1.82) is 0 Å². The van der Waals surface area contributed by atoms with Gasteiger partial charge < -0.3 is 10.1 Å². The Labute approximate surface area is 138 Å². The zero-order valence-corrected chi connectivity index (χ0v) is 13.6. The minimum atomic E-state index is -0.570. The van der Waals surface area contributed by atoms with E-state index in [1.54, 1.807) is 7.11 Å². The Hall–Kier alpha value is -2.41. The Kier molecular flexibility index (Phi) is 6.10. The molecule has 3 amide bonds. The molecule has 0 spiro atoms. The minimum absolute atomic E-state index is 0.117. The smallest absolute Gasteiger partial charge is 0.368 e. The van der Waals surface area contributed by atoms with E-state index in [9.17, 15) is 9.59 Å². The molecule has 0 saturated carbocycles. The summed E-state index contributed by atoms with van der Waals surface area (Å²) < 4.78 is 5.09. The second-order valence-electron chi connectivity index (χ2n) is 4.72. The number of nitrogens with one attached hydrogen (secondary N) is 1. The summed E-state index contributed by atoms with van der Waals surface area (Å²) in [6, 6.07) is 7.13. The highest BCUT2D eigenvalue weighted by atomic mass is 32.2. The molecule has 23 heavy (non-hydrogen) atoms. The van der Waals surface area contributed by atoms with Crippen molar-refractivity contribution >= 4 is 35.0 Å². The molecule has 1 aliphatic heterocycles. The standard InChI is InChI=1S/C16H17N3O3S/c1-11-9-18-16(21)19-15(11)23-10-14(20)17-8-7-12-3-5-13(22-2)6-4-12/h3-6,9H,1,7-8,10H2,2H3,(H,17,20). The molecule has 1 aromatic carbocycles. The van der Waals surface area contributed by atoms with Crippen LogP contribution in [0, 0.1) is 0 Å². The molecule has 7 heteroatoms. The highest BCUT2D eigenvalue weighted by Gasteiger charge is 2.13. The lowest BCUT2D eigenvalue weighted by atomic mass is 10.1. The first kappa shape index (κ1) is 17.0. The molecule has 0 atom stereocenters. The fraction of sp³-hybridized carbons (Fsp3) is 0.250. The number of hydrogen-bond donors (Lipinski definition) is 1. The average molecular weight is 331 g/mol. The summed E-state index contributed by atoms with van der Waals surface area (Å²) in [5, 5.41) is 3.27. The number of methoxy groups -OCH3 is 1. The molecule has 0 aliphatic carbocycles. The largest absolute Gasteiger partial charge is 0.497 e. The first-order valence-corrected chi connectivity index (χ1v) is 7.95. The molecule has 1 N–H and O–H groups in total. The molecule has 120 valence electrons. The predicted octanol–water partition coefficient (Wildman–Crippen LogP) is 2.25. The Morgan fingerprint density at radius 3 is 2.78 bits per heavy atom. The summed E-state index contributed by atoms with van der Waals surface area (Å²) in [4.78, 5) is 30.1. The van der Waals surface area contributed by atoms with Gasteiger partial charge in [-0.25, -0.2) is 4.79 Å². The lowest BCUT2D eigenvalue weighted by Crippen LogP contribution is -2.28. The van der Waals surface area contributed by atoms with Gasteiger partial charge in [-0.3, -0.25) is 4.79 Å². The van der Waals surface area contributed by atoms with Gasteiger partial charge in [0.15, 0.2) is 0 Å². The van der Waals surface area contributed by atoms with Gasteiger partial charge in [0.1, 0.15) is 10.8 Å². The molecule has 1 aliphatic rings. The molecule has 0 radical (unpaired) electrons. The number of carbonyl (C=O) groups is 2. The van der Waals surface area contributed by atoms with E-state index in [-0.39, 0.29) is 11.7 Å². The molecular formula is C16H17N3O3S. The van der Waals surface area contributed by atoms with E-state index in [1.165, 1.54) is 18.0 Å². The summed E-state index contributed by atoms with van der Waals surface area (Å²) >= 11 is 1.18. The second-order valence-corrected chi connectivity index (χ2v) is 5.68. The van der Waals surface area contributed by atoms with Crippen LogP contribution in [0.1, 0.15) is 5.56 Å². The third kappa shape index (κ3) is 5.37. The average Bonchev–Trinajstić information content (AvgIpc) is 2.56. The van der Waals surface area contributed by atoms with Crippen molar-refractivity contribution in [2.24, 2.45) is 9.98 Å². The lowest BCUT2D eigenvalue weighted by molar-refractivity contribution is -0.118. The van der Waals surface area contributed by atoms with Gasteiger partial charge in [0, 0.05) is 18.3 Å². The van der Waals surface area contributed by atoms with E-state index in [4.69, 9.17) is 4.74 Å². The number of carbonyl (C=O) groups excluding carboxylic acids is 2. The van der Waals surface area contributed by atoms with Gasteiger partial charge in [-0.2, -0.15) is 9.98 Å². The molecule has 6 nitrogen and oxygen atoms in total. The number of urea groups is 1. The van der Waals surface area contributed by atoms with Crippen molar-refractivity contribution < 1.29 is 14.3 Å². The van der Waals surface area contributed by atoms with Crippen molar-refractivity contribution in [3.05, 3.63) is 42.0 Å². The van der Waals surface area contributed by atoms with Crippen LogP contribution in [0.4, 0.5) is 4.79 Å². The zero-order chi connectivity index (χ0) is 16.7. The van der Waals surface area contributed by atoms with Crippen LogP contribution in [-0.4, -0.2) is 42.6 Å². The molecule has 0 bridgehead atoms. The molecule has 1 heterocycles. The highest BCUT2D eigenvalue weighted by Crippen LogP contribution is 2.14. The molecule has 1 aromatic rings. The first-order valence-electron chi connectivity index (χ1n) is 6.97. The van der Waals surface area contributed by atoms with Crippen molar-refractivity contribution in [2.75, 3.05) is 19.4 Å². The maximum Gasteiger partial charge on any atom is 0.368 e. The van der Waals surface area contributed by atoms with Crippen LogP contribution in [0.3, 0.4) is 0 Å². The number of thioether (sulfide) groups is 1. The summed E-state index contributed by atoms with van der Waals surface area (Å²) in [6.45, 7) is 4.27. The quantitative estimate of drug-likeness (QED) is 0.867. The van der Waals surface area contributed by atoms with E-state index in [2.05, 4.69) is 21.9 Å². The van der Waals surface area contributed by atoms with Crippen molar-refractivity contribution in [3.8, 4) is 5.75 Å². The van der Waals surface area contributed by atoms with Crippen molar-refractivity contribution in [2.45, 2.75) is 6.42 Å². The van der Waals surface area contributed by atoms with E-state index >= 15 is 0 Å². The Bertz CT molecular complexity index is 666. The van der Waals surface area contributed by atoms with Gasteiger partial charge in [-0.15, -0.1) is 0 Å². The van der Waals surface area contributed by atoms with Crippen LogP contribution in [0.15, 0.2) is 46.4 Å². The Morgan fingerprint density at radius 1 is 1.35 bits per heavy atom. The monoisotopic (exact) mass is 331 g/mol. The molecule has 0 aromatic heterocycles. The predicted molar refractivity (Wildman–Crippen MR) is 92.6 cm³/mol. The van der Waals surface area contributed by atoms with Gasteiger partial charge in [-0.05, 0) is 24.1 Å². The van der Waals surface area contributed by atoms with Crippen LogP contribution in [0.25, 0.3) is 0 Å². The number of ether oxygens (including phenoxy) is 1. The Morgan fingerprint density at radius 2 is 2.09 bits per heavy atom. The van der Waals surface area contributed by atoms with Gasteiger partial charge >= 0.3 is 6.03 Å². The third-order valence-corrected chi connectivity index (χ3v) is 4.07. The molecule has 0 saturated heterocycles. The maximum absolute atomic E-state index is 11.8. The molecule has 2 rings (SSSR count). The lowest BCUT2D eigenvalue weighted by Gasteiger charge is -2.09. The third-order valence-electron chi connectivity index (χ3n) is 3.04. The van der Waals surface area contributed by atoms with Crippen LogP contribution >= 0.6 is 11.8 Å². The van der Waals surface area contributed by atoms with Crippen molar-refractivity contribution in [3.63, 3.8) is 0 Å². The molecule has 0 unspecified atom stereocenters. The number of amides is 3. The summed E-state index contributed by atoms with van der Waals surface area (Å²) in [7, 11) is 1.62. The fourth-order valence-corrected chi connectivity index (χ4v) is 2.57. The van der Waals surface area contributed by atoms with E-state index < -0.39 is 6.03 Å². The van der Waals surface area contributed by atoms with E-state index in [0.717, 1.165) is 17.7 Å². The van der Waals surface area contributed by atoms with Crippen LogP contribution < -0.4 is 10.1 Å². The second kappa shape index (κ2) is 8.28. The van der Waals surface area contributed by atoms with Gasteiger partial charge in [0.25, 0.3) is 0 Å². The number of benzene rings is 1. The first-order chi connectivity index (χ1) is 11.1. The summed E-state index contributed by atoms with van der Waals surface area (Å²) in [5.74, 6) is 0.872. The van der Waals surface area contributed by atoms with Gasteiger partial charge in [0.2, 0.25) is 5.91 Å². The minimum Gasteiger partial charge on any atom is -0.497 e. The molecule has 0 fully saturated rings. The Balaban J connectivity index is 1.71. The van der Waals surface area contributed by atoms with E-state index in [0.29, 0.717) is 17.2 Å². The number of aliphatic imine (C=N–C) groups is 2. The van der Waals surface area contributed by atoms with Gasteiger partial charge in [-0.1, -0.05) is 30.5 Å². The summed E-state index contributed by atoms with van der Waals surface area (Å²) in [6.07, 6.45) is 2.10. The van der Waals surface area contributed by atoms with Crippen molar-refractivity contribution in [1.82, 2.24) is 5.32 Å². The van der Waals surface area contributed by atoms with Crippen LogP contribution in [0.2, 0.25) is 0 Å². The topological polar surface area (TPSA) is 80.1 Å². The van der Waals surface area contributed by atoms with Gasteiger partial charge in [0.05, 0.1) is 12.9 Å². The number of rotatable bonds is 6. The van der Waals surface area contributed by atoms with Crippen LogP contribution in [0.5, 0.6) is 5.75 Å². The molecular weight excluding hydrogens is 314 g/mol. The summed E-state index contributed by atoms with van der Waals surface area (Å²) in [5.41, 5.74) is 1.66. The highest BCUT2D eigenvalue weighted by molar-refractivity contribution is 8.15.